The Morgan fingerprint density at radius 2 is 2.35 bits per heavy atom. The molecule has 0 fully saturated rings. The molecule has 0 aliphatic carbocycles. The lowest BCUT2D eigenvalue weighted by Gasteiger charge is -2.12. The lowest BCUT2D eigenvalue weighted by molar-refractivity contribution is 0.0936. The zero-order chi connectivity index (χ0) is 14.5. The Hall–Kier alpha value is -1.69. The van der Waals surface area contributed by atoms with Gasteiger partial charge in [-0.15, -0.1) is 0 Å². The van der Waals surface area contributed by atoms with Gasteiger partial charge in [-0.05, 0) is 43.0 Å². The number of carbonyl (C=O) groups excluding carboxylic acids is 1. The van der Waals surface area contributed by atoms with Crippen LogP contribution in [-0.2, 0) is 0 Å². The van der Waals surface area contributed by atoms with Gasteiger partial charge >= 0.3 is 0 Å². The maximum Gasteiger partial charge on any atom is 0.272 e. The van der Waals surface area contributed by atoms with Gasteiger partial charge in [-0.1, -0.05) is 6.92 Å². The second-order valence-electron chi connectivity index (χ2n) is 4.74. The third-order valence-corrected chi connectivity index (χ3v) is 4.01. The third-order valence-electron chi connectivity index (χ3n) is 3.08. The highest BCUT2D eigenvalue weighted by molar-refractivity contribution is 7.99. The van der Waals surface area contributed by atoms with E-state index in [1.165, 1.54) is 0 Å². The highest BCUT2D eigenvalue weighted by atomic mass is 32.2. The summed E-state index contributed by atoms with van der Waals surface area (Å²) in [5, 5.41) is 10.7. The molecule has 1 atom stereocenters. The van der Waals surface area contributed by atoms with Gasteiger partial charge in [0.25, 0.3) is 5.91 Å². The van der Waals surface area contributed by atoms with Crippen LogP contribution in [0.4, 0.5) is 5.69 Å². The summed E-state index contributed by atoms with van der Waals surface area (Å²) in [7, 11) is 0. The SMILES string of the molecule is CCSCCC(C)NC(=O)c1n[nH]c2ccc(N)cc12. The van der Waals surface area contributed by atoms with E-state index in [4.69, 9.17) is 5.73 Å². The highest BCUT2D eigenvalue weighted by Gasteiger charge is 2.16. The fraction of sp³-hybridized carbons (Fsp3) is 0.429. The van der Waals surface area contributed by atoms with Crippen molar-refractivity contribution in [1.82, 2.24) is 15.5 Å². The third kappa shape index (κ3) is 3.45. The van der Waals surface area contributed by atoms with E-state index >= 15 is 0 Å². The Bertz CT molecular complexity index is 596. The number of anilines is 1. The first-order valence-corrected chi connectivity index (χ1v) is 7.89. The number of aromatic nitrogens is 2. The average Bonchev–Trinajstić information content (AvgIpc) is 2.81. The Morgan fingerprint density at radius 1 is 1.55 bits per heavy atom. The first-order valence-electron chi connectivity index (χ1n) is 6.74. The van der Waals surface area contributed by atoms with E-state index in [1.807, 2.05) is 24.8 Å². The van der Waals surface area contributed by atoms with Crippen molar-refractivity contribution in [2.24, 2.45) is 0 Å². The average molecular weight is 292 g/mol. The highest BCUT2D eigenvalue weighted by Crippen LogP contribution is 2.19. The smallest absolute Gasteiger partial charge is 0.272 e. The monoisotopic (exact) mass is 292 g/mol. The van der Waals surface area contributed by atoms with Gasteiger partial charge in [0.1, 0.15) is 0 Å². The van der Waals surface area contributed by atoms with Crippen LogP contribution >= 0.6 is 11.8 Å². The number of hydrogen-bond donors (Lipinski definition) is 3. The number of benzene rings is 1. The molecule has 1 unspecified atom stereocenters. The molecule has 2 aromatic rings. The normalized spacial score (nSPS) is 12.5. The number of nitrogens with one attached hydrogen (secondary N) is 2. The van der Waals surface area contributed by atoms with Crippen LogP contribution in [0.2, 0.25) is 0 Å². The number of H-pyrrole nitrogens is 1. The van der Waals surface area contributed by atoms with Crippen molar-refractivity contribution in [2.45, 2.75) is 26.3 Å². The zero-order valence-corrected chi connectivity index (χ0v) is 12.6. The van der Waals surface area contributed by atoms with Crippen molar-refractivity contribution >= 4 is 34.3 Å². The molecule has 0 aliphatic rings. The lowest BCUT2D eigenvalue weighted by atomic mass is 10.1. The number of nitrogens with two attached hydrogens (primary N) is 1. The molecular weight excluding hydrogens is 272 g/mol. The summed E-state index contributed by atoms with van der Waals surface area (Å²) in [5.41, 5.74) is 7.61. The Balaban J connectivity index is 2.05. The molecule has 0 radical (unpaired) electrons. The molecule has 20 heavy (non-hydrogen) atoms. The van der Waals surface area contributed by atoms with E-state index in [0.717, 1.165) is 28.8 Å². The van der Waals surface area contributed by atoms with Gasteiger partial charge in [0.15, 0.2) is 5.69 Å². The van der Waals surface area contributed by atoms with Crippen molar-refractivity contribution < 1.29 is 4.79 Å². The molecule has 0 saturated heterocycles. The molecule has 0 spiro atoms. The van der Waals surface area contributed by atoms with E-state index in [1.54, 1.807) is 12.1 Å². The van der Waals surface area contributed by atoms with Crippen LogP contribution in [0.1, 0.15) is 30.8 Å². The largest absolute Gasteiger partial charge is 0.399 e. The Kier molecular flexibility index (Phi) is 4.89. The summed E-state index contributed by atoms with van der Waals surface area (Å²) in [6.45, 7) is 4.14. The fourth-order valence-electron chi connectivity index (χ4n) is 1.97. The molecule has 0 bridgehead atoms. The number of nitrogens with zero attached hydrogens (tertiary/aromatic N) is 1. The van der Waals surface area contributed by atoms with Crippen LogP contribution in [0.25, 0.3) is 10.9 Å². The van der Waals surface area contributed by atoms with E-state index < -0.39 is 0 Å². The molecule has 6 heteroatoms. The summed E-state index contributed by atoms with van der Waals surface area (Å²) in [5.74, 6) is 1.99. The van der Waals surface area contributed by atoms with Gasteiger partial charge in [0.05, 0.1) is 5.52 Å². The van der Waals surface area contributed by atoms with Crippen molar-refractivity contribution in [1.29, 1.82) is 0 Å². The Morgan fingerprint density at radius 3 is 3.10 bits per heavy atom. The molecule has 0 saturated carbocycles. The molecule has 1 amide bonds. The number of thioether (sulfide) groups is 1. The molecule has 1 aromatic carbocycles. The number of aromatic amines is 1. The van der Waals surface area contributed by atoms with E-state index in [0.29, 0.717) is 11.4 Å². The van der Waals surface area contributed by atoms with Crippen LogP contribution < -0.4 is 11.1 Å². The van der Waals surface area contributed by atoms with Gasteiger partial charge in [0, 0.05) is 17.1 Å². The number of hydrogen-bond acceptors (Lipinski definition) is 4. The van der Waals surface area contributed by atoms with Gasteiger partial charge in [-0.3, -0.25) is 9.89 Å². The van der Waals surface area contributed by atoms with Gasteiger partial charge < -0.3 is 11.1 Å². The van der Waals surface area contributed by atoms with E-state index in [-0.39, 0.29) is 11.9 Å². The first-order chi connectivity index (χ1) is 9.61. The molecule has 4 N–H and O–H groups in total. The molecular formula is C14H20N4OS. The number of carbonyl (C=O) groups is 1. The van der Waals surface area contributed by atoms with Crippen LogP contribution in [0, 0.1) is 0 Å². The number of nitrogen functional groups attached to an aromatic ring is 1. The van der Waals surface area contributed by atoms with E-state index in [9.17, 15) is 4.79 Å². The van der Waals surface area contributed by atoms with Crippen molar-refractivity contribution in [3.05, 3.63) is 23.9 Å². The first kappa shape index (κ1) is 14.7. The molecule has 0 aliphatic heterocycles. The van der Waals surface area contributed by atoms with Crippen molar-refractivity contribution in [3.8, 4) is 0 Å². The van der Waals surface area contributed by atoms with Crippen LogP contribution in [0.3, 0.4) is 0 Å². The van der Waals surface area contributed by atoms with Crippen molar-refractivity contribution in [2.75, 3.05) is 17.2 Å². The van der Waals surface area contributed by atoms with Gasteiger partial charge in [-0.25, -0.2) is 0 Å². The second kappa shape index (κ2) is 6.65. The molecule has 1 heterocycles. The molecule has 108 valence electrons. The maximum atomic E-state index is 12.2. The molecule has 5 nitrogen and oxygen atoms in total. The van der Waals surface area contributed by atoms with Crippen LogP contribution in [0.5, 0.6) is 0 Å². The molecule has 2 rings (SSSR count). The minimum Gasteiger partial charge on any atom is -0.399 e. The minimum atomic E-state index is -0.157. The summed E-state index contributed by atoms with van der Waals surface area (Å²) in [6.07, 6.45) is 0.953. The zero-order valence-electron chi connectivity index (χ0n) is 11.8. The second-order valence-corrected chi connectivity index (χ2v) is 6.13. The topological polar surface area (TPSA) is 83.8 Å². The lowest BCUT2D eigenvalue weighted by Crippen LogP contribution is -2.33. The van der Waals surface area contributed by atoms with Crippen LogP contribution in [-0.4, -0.2) is 33.7 Å². The fourth-order valence-corrected chi connectivity index (χ4v) is 2.78. The standard InChI is InChI=1S/C14H20N4OS/c1-3-20-7-6-9(2)16-14(19)13-11-8-10(15)4-5-12(11)17-18-13/h4-5,8-9H,3,6-7,15H2,1-2H3,(H,16,19)(H,17,18). The number of rotatable bonds is 6. The van der Waals surface area contributed by atoms with E-state index in [2.05, 4.69) is 22.4 Å². The predicted octanol–water partition coefficient (Wildman–Crippen LogP) is 2.41. The summed E-state index contributed by atoms with van der Waals surface area (Å²) in [4.78, 5) is 12.2. The summed E-state index contributed by atoms with van der Waals surface area (Å²) >= 11 is 1.88. The minimum absolute atomic E-state index is 0.134. The molecule has 1 aromatic heterocycles. The predicted molar refractivity (Wildman–Crippen MR) is 85.1 cm³/mol. The number of amides is 1. The van der Waals surface area contributed by atoms with Gasteiger partial charge in [0.2, 0.25) is 0 Å². The maximum absolute atomic E-state index is 12.2. The summed E-state index contributed by atoms with van der Waals surface area (Å²) < 4.78 is 0. The van der Waals surface area contributed by atoms with Crippen molar-refractivity contribution in [3.63, 3.8) is 0 Å². The Labute approximate surface area is 122 Å². The quantitative estimate of drug-likeness (QED) is 0.564. The summed E-state index contributed by atoms with van der Waals surface area (Å²) in [6, 6.07) is 5.52. The van der Waals surface area contributed by atoms with Gasteiger partial charge in [-0.2, -0.15) is 16.9 Å². The number of fused-ring (bicyclic) bond motifs is 1. The van der Waals surface area contributed by atoms with Crippen LogP contribution in [0.15, 0.2) is 18.2 Å².